The fourth-order valence-electron chi connectivity index (χ4n) is 6.09. The molecule has 2 N–H and O–H groups in total. The molecule has 1 aliphatic carbocycles. The van der Waals surface area contributed by atoms with E-state index in [-0.39, 0.29) is 17.1 Å². The first-order valence-corrected chi connectivity index (χ1v) is 13.1. The summed E-state index contributed by atoms with van der Waals surface area (Å²) in [5.74, 6) is -1.47. The Morgan fingerprint density at radius 2 is 1.95 bits per heavy atom. The molecule has 38 heavy (non-hydrogen) atoms. The molecular weight excluding hydrogens is 497 g/mol. The van der Waals surface area contributed by atoms with Crippen molar-refractivity contribution in [1.82, 2.24) is 24.8 Å². The molecule has 1 amide bonds. The Morgan fingerprint density at radius 1 is 1.21 bits per heavy atom. The third-order valence-electron chi connectivity index (χ3n) is 8.57. The van der Waals surface area contributed by atoms with Gasteiger partial charge in [-0.15, -0.1) is 0 Å². The number of amides is 1. The first kappa shape index (κ1) is 25.1. The number of alkyl halides is 2. The molecule has 3 aliphatic rings. The van der Waals surface area contributed by atoms with Gasteiger partial charge >= 0.3 is 0 Å². The van der Waals surface area contributed by atoms with Gasteiger partial charge in [-0.3, -0.25) is 9.69 Å². The van der Waals surface area contributed by atoms with Crippen LogP contribution in [0.4, 0.5) is 18.9 Å². The van der Waals surface area contributed by atoms with Gasteiger partial charge in [-0.1, -0.05) is 18.2 Å². The van der Waals surface area contributed by atoms with E-state index >= 15 is 0 Å². The Kier molecular flexibility index (Phi) is 6.30. The van der Waals surface area contributed by atoms with E-state index in [0.29, 0.717) is 17.3 Å². The Labute approximate surface area is 218 Å². The Balaban J connectivity index is 1.18. The highest BCUT2D eigenvalue weighted by Crippen LogP contribution is 2.53. The molecule has 3 aromatic rings. The lowest BCUT2D eigenvalue weighted by molar-refractivity contribution is 0.0938. The highest BCUT2D eigenvalue weighted by atomic mass is 19.3. The van der Waals surface area contributed by atoms with Crippen molar-refractivity contribution in [3.8, 4) is 0 Å². The molecule has 2 atom stereocenters. The van der Waals surface area contributed by atoms with Gasteiger partial charge in [-0.25, -0.2) is 22.7 Å². The molecule has 4 heterocycles. The number of β-amino-alcohol motifs (C(OH)–C–C–N with tert-alkyl or cyclic N) is 1. The summed E-state index contributed by atoms with van der Waals surface area (Å²) in [6, 6.07) is 5.16. The normalized spacial score (nSPS) is 22.5. The number of anilines is 1. The van der Waals surface area contributed by atoms with Crippen LogP contribution >= 0.6 is 0 Å². The van der Waals surface area contributed by atoms with Gasteiger partial charge in [0, 0.05) is 49.4 Å². The van der Waals surface area contributed by atoms with E-state index in [1.54, 1.807) is 23.7 Å². The van der Waals surface area contributed by atoms with Gasteiger partial charge in [-0.2, -0.15) is 5.10 Å². The number of hydrogen-bond acceptors (Lipinski definition) is 6. The predicted octanol–water partition coefficient (Wildman–Crippen LogP) is 3.72. The molecule has 0 radical (unpaired) electrons. The van der Waals surface area contributed by atoms with Crippen LogP contribution in [0.5, 0.6) is 0 Å². The van der Waals surface area contributed by atoms with Crippen molar-refractivity contribution in [2.24, 2.45) is 5.41 Å². The number of pyridine rings is 1. The SMILES string of the molecule is C[C@@H](NC(=O)c1cc(N2CCC(N3C[C@H](O)C4(CC4)C3)CC2)c2ncnn2c1)c1cccc(C(F)F)c1F. The number of rotatable bonds is 6. The van der Waals surface area contributed by atoms with Crippen molar-refractivity contribution in [3.63, 3.8) is 0 Å². The number of nitrogens with zero attached hydrogens (tertiary/aromatic N) is 5. The number of aliphatic hydroxyl groups excluding tert-OH is 1. The number of hydrogen-bond donors (Lipinski definition) is 2. The van der Waals surface area contributed by atoms with Gasteiger partial charge in [0.15, 0.2) is 5.65 Å². The minimum atomic E-state index is -2.94. The Bertz CT molecular complexity index is 1350. The van der Waals surface area contributed by atoms with Crippen molar-refractivity contribution >= 4 is 17.2 Å². The van der Waals surface area contributed by atoms with Crippen molar-refractivity contribution in [1.29, 1.82) is 0 Å². The van der Waals surface area contributed by atoms with E-state index in [9.17, 15) is 23.1 Å². The van der Waals surface area contributed by atoms with Crippen LogP contribution in [0.1, 0.15) is 66.6 Å². The van der Waals surface area contributed by atoms with Crippen LogP contribution < -0.4 is 10.2 Å². The van der Waals surface area contributed by atoms with Gasteiger partial charge in [0.05, 0.1) is 29.0 Å². The molecular formula is C27H31F3N6O2. The average Bonchev–Trinajstić information content (AvgIpc) is 3.40. The molecule has 11 heteroatoms. The second-order valence-corrected chi connectivity index (χ2v) is 10.9. The Morgan fingerprint density at radius 3 is 2.63 bits per heavy atom. The molecule has 1 spiro atoms. The number of halogens is 3. The largest absolute Gasteiger partial charge is 0.391 e. The smallest absolute Gasteiger partial charge is 0.266 e. The third kappa shape index (κ3) is 4.41. The third-order valence-corrected chi connectivity index (χ3v) is 8.57. The maximum absolute atomic E-state index is 14.6. The van der Waals surface area contributed by atoms with Gasteiger partial charge < -0.3 is 15.3 Å². The molecule has 202 valence electrons. The van der Waals surface area contributed by atoms with Crippen molar-refractivity contribution in [2.45, 2.75) is 57.2 Å². The number of aliphatic hydroxyl groups is 1. The number of nitrogens with one attached hydrogen (secondary N) is 1. The summed E-state index contributed by atoms with van der Waals surface area (Å²) in [5.41, 5.74) is 1.18. The molecule has 6 rings (SSSR count). The molecule has 3 fully saturated rings. The van der Waals surface area contributed by atoms with Crippen LogP contribution in [0.2, 0.25) is 0 Å². The zero-order valence-electron chi connectivity index (χ0n) is 21.2. The number of likely N-dealkylation sites (tertiary alicyclic amines) is 1. The van der Waals surface area contributed by atoms with E-state index in [0.717, 1.165) is 63.6 Å². The molecule has 2 aromatic heterocycles. The summed E-state index contributed by atoms with van der Waals surface area (Å²) >= 11 is 0. The zero-order chi connectivity index (χ0) is 26.6. The minimum absolute atomic E-state index is 0.000267. The monoisotopic (exact) mass is 528 g/mol. The molecule has 0 unspecified atom stereocenters. The van der Waals surface area contributed by atoms with Crippen LogP contribution in [0.15, 0.2) is 36.8 Å². The van der Waals surface area contributed by atoms with Crippen LogP contribution in [-0.2, 0) is 0 Å². The lowest BCUT2D eigenvalue weighted by atomic mass is 10.0. The number of fused-ring (bicyclic) bond motifs is 1. The Hall–Kier alpha value is -3.18. The van der Waals surface area contributed by atoms with Crippen molar-refractivity contribution in [3.05, 3.63) is 59.3 Å². The summed E-state index contributed by atoms with van der Waals surface area (Å²) in [4.78, 5) is 22.2. The second kappa shape index (κ2) is 9.53. The highest BCUT2D eigenvalue weighted by Gasteiger charge is 2.55. The summed E-state index contributed by atoms with van der Waals surface area (Å²) in [6.45, 7) is 4.84. The number of aromatic nitrogens is 3. The molecule has 2 saturated heterocycles. The van der Waals surface area contributed by atoms with Crippen LogP contribution in [-0.4, -0.2) is 68.8 Å². The zero-order valence-corrected chi connectivity index (χ0v) is 21.2. The first-order chi connectivity index (χ1) is 18.3. The van der Waals surface area contributed by atoms with Gasteiger partial charge in [0.1, 0.15) is 12.1 Å². The quantitative estimate of drug-likeness (QED) is 0.507. The summed E-state index contributed by atoms with van der Waals surface area (Å²) in [5, 5.41) is 17.4. The lowest BCUT2D eigenvalue weighted by Crippen LogP contribution is -2.44. The molecule has 1 saturated carbocycles. The van der Waals surface area contributed by atoms with Gasteiger partial charge in [-0.05, 0) is 38.7 Å². The van der Waals surface area contributed by atoms with Crippen LogP contribution in [0.25, 0.3) is 5.65 Å². The molecule has 0 bridgehead atoms. The second-order valence-electron chi connectivity index (χ2n) is 10.9. The summed E-state index contributed by atoms with van der Waals surface area (Å²) in [6.07, 6.45) is 3.95. The van der Waals surface area contributed by atoms with Crippen LogP contribution in [0, 0.1) is 11.2 Å². The minimum Gasteiger partial charge on any atom is -0.391 e. The molecule has 2 aliphatic heterocycles. The summed E-state index contributed by atoms with van der Waals surface area (Å²) < 4.78 is 42.5. The van der Waals surface area contributed by atoms with E-state index in [1.807, 2.05) is 0 Å². The fourth-order valence-corrected chi connectivity index (χ4v) is 6.09. The summed E-state index contributed by atoms with van der Waals surface area (Å²) in [7, 11) is 0. The number of piperidine rings is 1. The topological polar surface area (TPSA) is 86.0 Å². The number of carbonyl (C=O) groups excluding carboxylic acids is 1. The van der Waals surface area contributed by atoms with E-state index < -0.39 is 29.8 Å². The molecule has 8 nitrogen and oxygen atoms in total. The van der Waals surface area contributed by atoms with E-state index in [2.05, 4.69) is 25.2 Å². The maximum Gasteiger partial charge on any atom is 0.266 e. The molecule has 1 aromatic carbocycles. The van der Waals surface area contributed by atoms with Crippen molar-refractivity contribution in [2.75, 3.05) is 31.1 Å². The predicted molar refractivity (Wildman–Crippen MR) is 135 cm³/mol. The van der Waals surface area contributed by atoms with Crippen LogP contribution in [0.3, 0.4) is 0 Å². The van der Waals surface area contributed by atoms with E-state index in [1.165, 1.54) is 18.5 Å². The average molecular weight is 529 g/mol. The number of carbonyl (C=O) groups is 1. The fraction of sp³-hybridized carbons (Fsp3) is 0.519. The maximum atomic E-state index is 14.6. The van der Waals surface area contributed by atoms with Gasteiger partial charge in [0.2, 0.25) is 0 Å². The van der Waals surface area contributed by atoms with E-state index in [4.69, 9.17) is 0 Å². The van der Waals surface area contributed by atoms with Crippen molar-refractivity contribution < 1.29 is 23.1 Å². The standard InChI is InChI=1S/C27H31F3N6O2/c1-16(19-3-2-4-20(23(19)28)24(29)30)33-26(38)17-11-21(25-31-15-32-36(25)12-17)34-9-5-18(6-10-34)35-13-22(37)27(14-35)7-8-27/h2-4,11-12,15-16,18,22,24,37H,5-10,13-14H2,1H3,(H,33,38)/t16-,22+/m1/s1. The first-order valence-electron chi connectivity index (χ1n) is 13.1. The van der Waals surface area contributed by atoms with Gasteiger partial charge in [0.25, 0.3) is 12.3 Å². The highest BCUT2D eigenvalue weighted by molar-refractivity contribution is 5.96. The number of benzene rings is 1. The lowest BCUT2D eigenvalue weighted by Gasteiger charge is -2.38.